The number of ether oxygens (including phenoxy) is 2. The first kappa shape index (κ1) is 25.2. The van der Waals surface area contributed by atoms with E-state index in [0.717, 1.165) is 0 Å². The number of sulfonamides is 1. The molecule has 0 radical (unpaired) electrons. The van der Waals surface area contributed by atoms with Crippen LogP contribution in [0.3, 0.4) is 0 Å². The van der Waals surface area contributed by atoms with Crippen molar-refractivity contribution in [1.29, 1.82) is 0 Å². The Bertz CT molecular complexity index is 879. The summed E-state index contributed by atoms with van der Waals surface area (Å²) in [5.74, 6) is -2.21. The number of methoxy groups -OCH3 is 1. The van der Waals surface area contributed by atoms with Gasteiger partial charge in [0.1, 0.15) is 12.4 Å². The Morgan fingerprint density at radius 3 is 2.61 bits per heavy atom. The lowest BCUT2D eigenvalue weighted by atomic mass is 10.0. The number of carbonyl (C=O) groups is 1. The molecular weight excluding hydrogens is 439 g/mol. The minimum Gasteiger partial charge on any atom is -0.491 e. The van der Waals surface area contributed by atoms with Crippen LogP contribution < -0.4 is 14.8 Å². The number of amides is 1. The quantitative estimate of drug-likeness (QED) is 0.704. The molecule has 1 aromatic rings. The lowest BCUT2D eigenvalue weighted by Crippen LogP contribution is -2.44. The van der Waals surface area contributed by atoms with Crippen LogP contribution in [0.2, 0.25) is 0 Å². The van der Waals surface area contributed by atoms with Crippen LogP contribution in [0, 0.1) is 5.92 Å². The van der Waals surface area contributed by atoms with Gasteiger partial charge in [0.2, 0.25) is 10.0 Å². The summed E-state index contributed by atoms with van der Waals surface area (Å²) in [5.41, 5.74) is 0.0334. The van der Waals surface area contributed by atoms with Crippen molar-refractivity contribution in [1.82, 2.24) is 10.2 Å². The van der Waals surface area contributed by atoms with E-state index in [1.54, 1.807) is 14.2 Å². The average molecular weight is 468 g/mol. The number of hydrogen-bond acceptors (Lipinski definition) is 6. The van der Waals surface area contributed by atoms with Gasteiger partial charge in [-0.25, -0.2) is 8.42 Å². The molecule has 12 heteroatoms. The van der Waals surface area contributed by atoms with Gasteiger partial charge >= 0.3 is 6.18 Å². The summed E-state index contributed by atoms with van der Waals surface area (Å²) in [7, 11) is -1.49. The molecule has 0 fully saturated rings. The molecule has 1 aliphatic heterocycles. The predicted molar refractivity (Wildman–Crippen MR) is 110 cm³/mol. The molecular formula is C19H28F3N3O5S. The van der Waals surface area contributed by atoms with Gasteiger partial charge < -0.3 is 19.7 Å². The summed E-state index contributed by atoms with van der Waals surface area (Å²) in [6.45, 7) is 4.98. The molecule has 0 bridgehead atoms. The Morgan fingerprint density at radius 1 is 1.32 bits per heavy atom. The van der Waals surface area contributed by atoms with Crippen molar-refractivity contribution in [3.63, 3.8) is 0 Å². The number of rotatable bonds is 4. The molecule has 176 valence electrons. The monoisotopic (exact) mass is 467 g/mol. The van der Waals surface area contributed by atoms with E-state index in [9.17, 15) is 26.4 Å². The summed E-state index contributed by atoms with van der Waals surface area (Å²) in [5, 5.41) is 3.30. The van der Waals surface area contributed by atoms with Gasteiger partial charge in [0.05, 0.1) is 17.4 Å². The smallest absolute Gasteiger partial charge is 0.404 e. The SMILES string of the molecule is CO[C@@H]1CN(C)C(=O)c2ccc(NS(=O)(=O)CC(F)(F)F)cc2OC[C@H](C)NC[C@@H]1C. The second-order valence-electron chi connectivity index (χ2n) is 7.74. The normalized spacial score (nSPS) is 23.9. The topological polar surface area (TPSA) is 97.0 Å². The second kappa shape index (κ2) is 10.0. The van der Waals surface area contributed by atoms with Crippen molar-refractivity contribution < 1.29 is 35.9 Å². The highest BCUT2D eigenvalue weighted by Crippen LogP contribution is 2.27. The molecule has 0 unspecified atom stereocenters. The average Bonchev–Trinajstić information content (AvgIpc) is 2.65. The van der Waals surface area contributed by atoms with Crippen molar-refractivity contribution in [3.8, 4) is 5.75 Å². The first-order chi connectivity index (χ1) is 14.3. The first-order valence-corrected chi connectivity index (χ1v) is 11.3. The first-order valence-electron chi connectivity index (χ1n) is 9.67. The zero-order valence-corrected chi connectivity index (χ0v) is 18.6. The molecule has 2 N–H and O–H groups in total. The fourth-order valence-electron chi connectivity index (χ4n) is 3.15. The molecule has 1 aromatic carbocycles. The van der Waals surface area contributed by atoms with E-state index in [1.165, 1.54) is 23.1 Å². The maximum absolute atomic E-state index is 13.0. The summed E-state index contributed by atoms with van der Waals surface area (Å²) < 4.78 is 74.2. The minimum atomic E-state index is -4.88. The van der Waals surface area contributed by atoms with Gasteiger partial charge in [-0.05, 0) is 25.0 Å². The van der Waals surface area contributed by atoms with E-state index in [0.29, 0.717) is 13.1 Å². The van der Waals surface area contributed by atoms with Gasteiger partial charge in [0.25, 0.3) is 5.91 Å². The molecule has 0 saturated heterocycles. The van der Waals surface area contributed by atoms with Crippen molar-refractivity contribution in [2.24, 2.45) is 5.92 Å². The van der Waals surface area contributed by atoms with Gasteiger partial charge in [-0.3, -0.25) is 9.52 Å². The Morgan fingerprint density at radius 2 is 2.00 bits per heavy atom. The standard InChI is InChI=1S/C19H28F3N3O5S/c1-12-8-23-13(2)10-30-16-7-14(24-31(27,28)11-19(20,21)22)5-6-15(16)18(26)25(3)9-17(12)29-4/h5-7,12-13,17,23-24H,8-11H2,1-4H3/t12-,13-,17+/m0/s1. The van der Waals surface area contributed by atoms with E-state index in [4.69, 9.17) is 9.47 Å². The zero-order valence-electron chi connectivity index (χ0n) is 17.8. The summed E-state index contributed by atoms with van der Waals surface area (Å²) in [4.78, 5) is 14.4. The second-order valence-corrected chi connectivity index (χ2v) is 9.47. The number of fused-ring (bicyclic) bond motifs is 1. The van der Waals surface area contributed by atoms with Gasteiger partial charge in [-0.1, -0.05) is 6.92 Å². The third-order valence-electron chi connectivity index (χ3n) is 4.85. The summed E-state index contributed by atoms with van der Waals surface area (Å²) in [6.07, 6.45) is -5.10. The highest BCUT2D eigenvalue weighted by molar-refractivity contribution is 7.92. The molecule has 2 rings (SSSR count). The van der Waals surface area contributed by atoms with Gasteiger partial charge in [0, 0.05) is 39.4 Å². The number of hydrogen-bond donors (Lipinski definition) is 2. The zero-order chi connectivity index (χ0) is 23.4. The lowest BCUT2D eigenvalue weighted by Gasteiger charge is -2.30. The Kier molecular flexibility index (Phi) is 8.17. The van der Waals surface area contributed by atoms with Crippen LogP contribution in [0.1, 0.15) is 24.2 Å². The van der Waals surface area contributed by atoms with Crippen molar-refractivity contribution in [2.75, 3.05) is 44.3 Å². The number of likely N-dealkylation sites (N-methyl/N-ethyl adjacent to an activating group) is 1. The number of halogens is 3. The number of benzene rings is 1. The number of nitrogens with zero attached hydrogens (tertiary/aromatic N) is 1. The molecule has 1 amide bonds. The van der Waals surface area contributed by atoms with Gasteiger partial charge in [-0.2, -0.15) is 13.2 Å². The summed E-state index contributed by atoms with van der Waals surface area (Å²) in [6, 6.07) is 3.66. The largest absolute Gasteiger partial charge is 0.491 e. The molecule has 1 aliphatic rings. The number of alkyl halides is 3. The van der Waals surface area contributed by atoms with Crippen molar-refractivity contribution >= 4 is 21.6 Å². The van der Waals surface area contributed by atoms with Crippen LogP contribution >= 0.6 is 0 Å². The molecule has 0 aromatic heterocycles. The van der Waals surface area contributed by atoms with Crippen molar-refractivity contribution in [2.45, 2.75) is 32.2 Å². The van der Waals surface area contributed by atoms with Crippen LogP contribution in [-0.2, 0) is 14.8 Å². The maximum atomic E-state index is 13.0. The fraction of sp³-hybridized carbons (Fsp3) is 0.632. The van der Waals surface area contributed by atoms with E-state index >= 15 is 0 Å². The minimum absolute atomic E-state index is 0.0697. The Balaban J connectivity index is 2.35. The predicted octanol–water partition coefficient (Wildman–Crippen LogP) is 2.08. The maximum Gasteiger partial charge on any atom is 0.404 e. The molecule has 31 heavy (non-hydrogen) atoms. The summed E-state index contributed by atoms with van der Waals surface area (Å²) >= 11 is 0. The highest BCUT2D eigenvalue weighted by Gasteiger charge is 2.35. The Labute approximate surface area is 180 Å². The van der Waals surface area contributed by atoms with E-state index < -0.39 is 22.0 Å². The van der Waals surface area contributed by atoms with E-state index in [2.05, 4.69) is 5.32 Å². The number of anilines is 1. The van der Waals surface area contributed by atoms with Crippen LogP contribution in [0.4, 0.5) is 18.9 Å². The van der Waals surface area contributed by atoms with Gasteiger partial charge in [-0.15, -0.1) is 0 Å². The Hall–Kier alpha value is -2.05. The van der Waals surface area contributed by atoms with E-state index in [-0.39, 0.29) is 47.6 Å². The van der Waals surface area contributed by atoms with Crippen molar-refractivity contribution in [3.05, 3.63) is 23.8 Å². The van der Waals surface area contributed by atoms with E-state index in [1.807, 2.05) is 18.6 Å². The van der Waals surface area contributed by atoms with Gasteiger partial charge in [0.15, 0.2) is 5.75 Å². The fourth-order valence-corrected chi connectivity index (χ4v) is 4.14. The molecule has 0 spiro atoms. The molecule has 3 atom stereocenters. The molecule has 8 nitrogen and oxygen atoms in total. The number of carbonyl (C=O) groups excluding carboxylic acids is 1. The number of nitrogens with one attached hydrogen (secondary N) is 2. The molecule has 0 saturated carbocycles. The van der Waals surface area contributed by atoms with Crippen LogP contribution in [0.5, 0.6) is 5.75 Å². The molecule has 0 aliphatic carbocycles. The lowest BCUT2D eigenvalue weighted by molar-refractivity contribution is -0.106. The highest BCUT2D eigenvalue weighted by atomic mass is 32.2. The molecule has 1 heterocycles. The third-order valence-corrected chi connectivity index (χ3v) is 6.11. The third kappa shape index (κ3) is 7.54. The van der Waals surface area contributed by atoms with Crippen LogP contribution in [0.15, 0.2) is 18.2 Å². The van der Waals surface area contributed by atoms with Crippen LogP contribution in [-0.4, -0.2) is 77.2 Å². The van der Waals surface area contributed by atoms with Crippen LogP contribution in [0.25, 0.3) is 0 Å².